The van der Waals surface area contributed by atoms with E-state index in [2.05, 4.69) is 122 Å². The lowest BCUT2D eigenvalue weighted by atomic mass is 9.67. The van der Waals surface area contributed by atoms with Crippen molar-refractivity contribution in [2.75, 3.05) is 0 Å². The molecule has 0 saturated carbocycles. The van der Waals surface area contributed by atoms with Gasteiger partial charge in [-0.2, -0.15) is 0 Å². The summed E-state index contributed by atoms with van der Waals surface area (Å²) in [6.45, 7) is 2.23. The summed E-state index contributed by atoms with van der Waals surface area (Å²) >= 11 is 0. The van der Waals surface area contributed by atoms with Crippen LogP contribution in [0.25, 0.3) is 44.2 Å². The van der Waals surface area contributed by atoms with E-state index in [-0.39, 0.29) is 5.41 Å². The first kappa shape index (κ1) is 21.3. The predicted octanol–water partition coefficient (Wildman–Crippen LogP) is 9.85. The molecule has 9 rings (SSSR count). The third-order valence-corrected chi connectivity index (χ3v) is 9.26. The van der Waals surface area contributed by atoms with E-state index in [0.29, 0.717) is 0 Å². The van der Waals surface area contributed by atoms with Gasteiger partial charge in [-0.15, -0.1) is 0 Å². The Morgan fingerprint density at radius 1 is 0.615 bits per heavy atom. The number of para-hydroxylation sites is 2. The minimum atomic E-state index is -0.259. The number of hydrogen-bond donors (Lipinski definition) is 0. The summed E-state index contributed by atoms with van der Waals surface area (Å²) in [6, 6.07) is 40.3. The summed E-state index contributed by atoms with van der Waals surface area (Å²) in [6.07, 6.45) is 4.52. The maximum absolute atomic E-state index is 6.56. The monoisotopic (exact) mass is 498 g/mol. The fourth-order valence-electron chi connectivity index (χ4n) is 7.84. The lowest BCUT2D eigenvalue weighted by Gasteiger charge is -2.34. The van der Waals surface area contributed by atoms with Crippen LogP contribution in [0, 0.1) is 6.92 Å². The van der Waals surface area contributed by atoms with Gasteiger partial charge in [0.2, 0.25) is 0 Å². The molecule has 3 aliphatic rings. The molecule has 1 nitrogen and oxygen atoms in total. The number of fused-ring (bicyclic) bond motifs is 12. The zero-order valence-electron chi connectivity index (χ0n) is 21.8. The standard InChI is InChI=1S/C38H26O/c1-23-20-21-30-34(22-23)38(31-16-5-2-10-24(31)25-11-3-6-17-32(25)38)33-18-9-13-27(36(30)33)29-15-8-14-28-26-12-4-7-19-35(26)39-37(28)29/h2-8,10-17,19-22H,9,18H2,1H3. The van der Waals surface area contributed by atoms with Crippen LogP contribution in [-0.4, -0.2) is 0 Å². The molecule has 0 bridgehead atoms. The zero-order valence-corrected chi connectivity index (χ0v) is 21.8. The molecule has 184 valence electrons. The minimum Gasteiger partial charge on any atom is -0.455 e. The smallest absolute Gasteiger partial charge is 0.143 e. The molecule has 39 heavy (non-hydrogen) atoms. The molecule has 1 spiro atoms. The normalized spacial score (nSPS) is 16.4. The van der Waals surface area contributed by atoms with Gasteiger partial charge in [0.05, 0.1) is 5.41 Å². The number of hydrogen-bond acceptors (Lipinski definition) is 1. The Morgan fingerprint density at radius 3 is 2.13 bits per heavy atom. The van der Waals surface area contributed by atoms with E-state index in [1.165, 1.54) is 72.0 Å². The van der Waals surface area contributed by atoms with Gasteiger partial charge in [-0.3, -0.25) is 0 Å². The summed E-state index contributed by atoms with van der Waals surface area (Å²) in [5.41, 5.74) is 16.8. The Balaban J connectivity index is 1.40. The molecule has 1 heterocycles. The van der Waals surface area contributed by atoms with Crippen molar-refractivity contribution in [3.8, 4) is 11.1 Å². The predicted molar refractivity (Wildman–Crippen MR) is 161 cm³/mol. The summed E-state index contributed by atoms with van der Waals surface area (Å²) in [7, 11) is 0. The number of rotatable bonds is 1. The van der Waals surface area contributed by atoms with Crippen LogP contribution < -0.4 is 0 Å². The van der Waals surface area contributed by atoms with Crippen LogP contribution >= 0.6 is 0 Å². The summed E-state index contributed by atoms with van der Waals surface area (Å²) in [5, 5.41) is 2.36. The largest absolute Gasteiger partial charge is 0.455 e. The summed E-state index contributed by atoms with van der Waals surface area (Å²) in [4.78, 5) is 0. The van der Waals surface area contributed by atoms with Crippen molar-refractivity contribution in [2.45, 2.75) is 25.2 Å². The van der Waals surface area contributed by atoms with Crippen LogP contribution in [0.4, 0.5) is 0 Å². The first-order valence-electron chi connectivity index (χ1n) is 13.9. The molecule has 0 atom stereocenters. The van der Waals surface area contributed by atoms with Crippen molar-refractivity contribution in [3.63, 3.8) is 0 Å². The first-order chi connectivity index (χ1) is 19.3. The third kappa shape index (κ3) is 2.56. The fraction of sp³-hybridized carbons (Fsp3) is 0.105. The molecule has 0 aliphatic heterocycles. The van der Waals surface area contributed by atoms with Crippen LogP contribution in [-0.2, 0) is 5.41 Å². The van der Waals surface area contributed by atoms with Crippen molar-refractivity contribution in [1.82, 2.24) is 0 Å². The molecule has 6 aromatic rings. The topological polar surface area (TPSA) is 13.1 Å². The molecule has 0 unspecified atom stereocenters. The molecular formula is C38H26O. The van der Waals surface area contributed by atoms with Crippen LogP contribution in [0.3, 0.4) is 0 Å². The Kier molecular flexibility index (Phi) is 4.09. The highest BCUT2D eigenvalue weighted by Gasteiger charge is 2.53. The second-order valence-corrected chi connectivity index (χ2v) is 11.2. The van der Waals surface area contributed by atoms with Crippen molar-refractivity contribution >= 4 is 33.1 Å². The zero-order chi connectivity index (χ0) is 25.7. The van der Waals surface area contributed by atoms with Crippen LogP contribution in [0.5, 0.6) is 0 Å². The van der Waals surface area contributed by atoms with Gasteiger partial charge < -0.3 is 4.42 Å². The lowest BCUT2D eigenvalue weighted by Crippen LogP contribution is -2.28. The number of furan rings is 1. The maximum Gasteiger partial charge on any atom is 0.143 e. The van der Waals surface area contributed by atoms with E-state index in [0.717, 1.165) is 24.0 Å². The average Bonchev–Trinajstić information content (AvgIpc) is 3.61. The SMILES string of the molecule is Cc1ccc2c(c1)C1(C3=C2C(c2cccc4c2oc2ccccc24)=CCC3)c2ccccc2-c2ccccc21. The number of aryl methyl sites for hydroxylation is 1. The van der Waals surface area contributed by atoms with Crippen LogP contribution in [0.1, 0.15) is 46.2 Å². The van der Waals surface area contributed by atoms with Crippen molar-refractivity contribution in [3.05, 3.63) is 154 Å². The van der Waals surface area contributed by atoms with E-state index < -0.39 is 0 Å². The van der Waals surface area contributed by atoms with Crippen molar-refractivity contribution < 1.29 is 4.42 Å². The molecule has 5 aromatic carbocycles. The van der Waals surface area contributed by atoms with Gasteiger partial charge in [-0.1, -0.05) is 115 Å². The number of allylic oxidation sites excluding steroid dienone is 4. The van der Waals surface area contributed by atoms with Crippen LogP contribution in [0.2, 0.25) is 0 Å². The molecular weight excluding hydrogens is 472 g/mol. The Hall–Kier alpha value is -4.62. The van der Waals surface area contributed by atoms with E-state index in [1.807, 2.05) is 0 Å². The van der Waals surface area contributed by atoms with E-state index >= 15 is 0 Å². The molecule has 0 fully saturated rings. The van der Waals surface area contributed by atoms with Gasteiger partial charge in [0.1, 0.15) is 11.2 Å². The lowest BCUT2D eigenvalue weighted by molar-refractivity contribution is 0.667. The average molecular weight is 499 g/mol. The molecule has 1 heteroatoms. The van der Waals surface area contributed by atoms with Crippen LogP contribution in [0.15, 0.2) is 125 Å². The van der Waals surface area contributed by atoms with Gasteiger partial charge >= 0.3 is 0 Å². The number of benzene rings is 5. The Labute approximate surface area is 227 Å². The second kappa shape index (κ2) is 7.48. The van der Waals surface area contributed by atoms with E-state index in [4.69, 9.17) is 4.42 Å². The van der Waals surface area contributed by atoms with Gasteiger partial charge in [0.25, 0.3) is 0 Å². The molecule has 3 aliphatic carbocycles. The third-order valence-electron chi connectivity index (χ3n) is 9.26. The Morgan fingerprint density at radius 2 is 1.31 bits per heavy atom. The van der Waals surface area contributed by atoms with Crippen molar-refractivity contribution in [2.24, 2.45) is 0 Å². The van der Waals surface area contributed by atoms with Gasteiger partial charge in [0, 0.05) is 16.3 Å². The molecule has 0 amide bonds. The molecule has 0 radical (unpaired) electrons. The molecule has 0 N–H and O–H groups in total. The van der Waals surface area contributed by atoms with Gasteiger partial charge in [-0.25, -0.2) is 0 Å². The highest BCUT2D eigenvalue weighted by molar-refractivity contribution is 6.18. The fourth-order valence-corrected chi connectivity index (χ4v) is 7.84. The van der Waals surface area contributed by atoms with E-state index in [9.17, 15) is 0 Å². The highest BCUT2D eigenvalue weighted by atomic mass is 16.3. The molecule has 0 saturated heterocycles. The maximum atomic E-state index is 6.56. The first-order valence-corrected chi connectivity index (χ1v) is 13.9. The van der Waals surface area contributed by atoms with Gasteiger partial charge in [-0.05, 0) is 75.9 Å². The van der Waals surface area contributed by atoms with Gasteiger partial charge in [0.15, 0.2) is 0 Å². The quantitative estimate of drug-likeness (QED) is 0.220. The second-order valence-electron chi connectivity index (χ2n) is 11.2. The Bertz CT molecular complexity index is 2030. The summed E-state index contributed by atoms with van der Waals surface area (Å²) in [5.74, 6) is 0. The highest BCUT2D eigenvalue weighted by Crippen LogP contribution is 2.65. The summed E-state index contributed by atoms with van der Waals surface area (Å²) < 4.78 is 6.56. The minimum absolute atomic E-state index is 0.259. The molecule has 1 aromatic heterocycles. The van der Waals surface area contributed by atoms with Crippen molar-refractivity contribution in [1.29, 1.82) is 0 Å². The van der Waals surface area contributed by atoms with E-state index in [1.54, 1.807) is 0 Å².